The number of likely N-dealkylation sites (tertiary alicyclic amines) is 2. The van der Waals surface area contributed by atoms with E-state index in [1.165, 1.54) is 19.4 Å². The molecule has 120 valence electrons. The molecule has 3 N–H and O–H groups in total. The summed E-state index contributed by atoms with van der Waals surface area (Å²) >= 11 is 0. The molecule has 1 amide bonds. The van der Waals surface area contributed by atoms with E-state index in [0.29, 0.717) is 18.4 Å². The van der Waals surface area contributed by atoms with Crippen molar-refractivity contribution >= 4 is 11.9 Å². The number of amides is 1. The fourth-order valence-electron chi connectivity index (χ4n) is 3.49. The summed E-state index contributed by atoms with van der Waals surface area (Å²) in [5, 5.41) is 3.50. The maximum atomic E-state index is 11.1. The first-order chi connectivity index (χ1) is 10.1. The van der Waals surface area contributed by atoms with E-state index in [1.54, 1.807) is 0 Å². The van der Waals surface area contributed by atoms with Crippen molar-refractivity contribution in [1.82, 2.24) is 15.1 Å². The first-order valence-corrected chi connectivity index (χ1v) is 8.04. The van der Waals surface area contributed by atoms with Crippen LogP contribution < -0.4 is 11.1 Å². The molecule has 2 rings (SSSR count). The molecule has 2 saturated heterocycles. The highest BCUT2D eigenvalue weighted by atomic mass is 16.1. The second kappa shape index (κ2) is 7.64. The Morgan fingerprint density at radius 1 is 1.33 bits per heavy atom. The van der Waals surface area contributed by atoms with Crippen molar-refractivity contribution < 1.29 is 4.79 Å². The number of nitrogens with two attached hydrogens (primary N) is 1. The number of guanidine groups is 1. The molecular weight excluding hydrogens is 266 g/mol. The first kappa shape index (κ1) is 16.1. The van der Waals surface area contributed by atoms with Gasteiger partial charge in [0.1, 0.15) is 0 Å². The Morgan fingerprint density at radius 3 is 2.71 bits per heavy atom. The zero-order valence-electron chi connectivity index (χ0n) is 13.3. The summed E-state index contributed by atoms with van der Waals surface area (Å²) in [6, 6.07) is 0.605. The summed E-state index contributed by atoms with van der Waals surface area (Å²) < 4.78 is 0. The molecule has 0 saturated carbocycles. The van der Waals surface area contributed by atoms with Crippen LogP contribution in [0.25, 0.3) is 0 Å². The van der Waals surface area contributed by atoms with Gasteiger partial charge in [0, 0.05) is 39.1 Å². The van der Waals surface area contributed by atoms with Gasteiger partial charge in [-0.25, -0.2) is 0 Å². The van der Waals surface area contributed by atoms with Crippen LogP contribution in [0.2, 0.25) is 0 Å². The predicted molar refractivity (Wildman–Crippen MR) is 85.1 cm³/mol. The minimum atomic E-state index is -0.197. The molecule has 2 aliphatic rings. The van der Waals surface area contributed by atoms with Crippen LogP contribution >= 0.6 is 0 Å². The zero-order chi connectivity index (χ0) is 15.2. The van der Waals surface area contributed by atoms with Crippen molar-refractivity contribution in [2.45, 2.75) is 38.1 Å². The van der Waals surface area contributed by atoms with Crippen molar-refractivity contribution in [2.75, 3.05) is 40.3 Å². The van der Waals surface area contributed by atoms with Crippen LogP contribution in [0.1, 0.15) is 32.1 Å². The van der Waals surface area contributed by atoms with Crippen molar-refractivity contribution in [3.63, 3.8) is 0 Å². The molecule has 21 heavy (non-hydrogen) atoms. The lowest BCUT2D eigenvalue weighted by atomic mass is 9.95. The Bertz CT molecular complexity index is 384. The fraction of sp³-hybridized carbons (Fsp3) is 0.867. The predicted octanol–water partition coefficient (Wildman–Crippen LogP) is 0.243. The SMILES string of the molecule is CN=C(NCC1CCCN1C)N1CCCC(CC(N)=O)C1. The number of aliphatic imine (C=N–C) groups is 1. The number of hydrogen-bond acceptors (Lipinski definition) is 3. The maximum Gasteiger partial charge on any atom is 0.217 e. The molecule has 2 unspecified atom stereocenters. The monoisotopic (exact) mass is 295 g/mol. The maximum absolute atomic E-state index is 11.1. The lowest BCUT2D eigenvalue weighted by Crippen LogP contribution is -2.49. The van der Waals surface area contributed by atoms with Gasteiger partial charge in [-0.05, 0) is 45.2 Å². The molecule has 2 fully saturated rings. The van der Waals surface area contributed by atoms with Crippen molar-refractivity contribution in [2.24, 2.45) is 16.6 Å². The number of rotatable bonds is 4. The van der Waals surface area contributed by atoms with Crippen LogP contribution in [0.5, 0.6) is 0 Å². The molecule has 2 aliphatic heterocycles. The Labute approximate surface area is 127 Å². The summed E-state index contributed by atoms with van der Waals surface area (Å²) in [6.45, 7) is 4.02. The van der Waals surface area contributed by atoms with Crippen molar-refractivity contribution in [3.8, 4) is 0 Å². The number of piperidine rings is 1. The number of carbonyl (C=O) groups excluding carboxylic acids is 1. The van der Waals surface area contributed by atoms with Crippen LogP contribution in [0.3, 0.4) is 0 Å². The number of hydrogen-bond donors (Lipinski definition) is 2. The van der Waals surface area contributed by atoms with E-state index >= 15 is 0 Å². The van der Waals surface area contributed by atoms with Gasteiger partial charge in [-0.2, -0.15) is 0 Å². The van der Waals surface area contributed by atoms with E-state index in [1.807, 2.05) is 7.05 Å². The third-order valence-electron chi connectivity index (χ3n) is 4.69. The van der Waals surface area contributed by atoms with Gasteiger partial charge in [0.25, 0.3) is 0 Å². The second-order valence-electron chi connectivity index (χ2n) is 6.33. The van der Waals surface area contributed by atoms with Crippen LogP contribution in [0, 0.1) is 5.92 Å². The lowest BCUT2D eigenvalue weighted by Gasteiger charge is -2.35. The fourth-order valence-corrected chi connectivity index (χ4v) is 3.49. The van der Waals surface area contributed by atoms with Crippen LogP contribution in [-0.4, -0.2) is 68.0 Å². The summed E-state index contributed by atoms with van der Waals surface area (Å²) in [7, 11) is 4.02. The highest BCUT2D eigenvalue weighted by Crippen LogP contribution is 2.19. The number of nitrogens with zero attached hydrogens (tertiary/aromatic N) is 3. The lowest BCUT2D eigenvalue weighted by molar-refractivity contribution is -0.119. The van der Waals surface area contributed by atoms with Crippen LogP contribution in [-0.2, 0) is 4.79 Å². The summed E-state index contributed by atoms with van der Waals surface area (Å²) in [5.74, 6) is 1.13. The summed E-state index contributed by atoms with van der Waals surface area (Å²) in [6.07, 6.45) is 5.21. The molecule has 6 heteroatoms. The van der Waals surface area contributed by atoms with Gasteiger partial charge in [-0.1, -0.05) is 0 Å². The topological polar surface area (TPSA) is 74.0 Å². The average Bonchev–Trinajstić information content (AvgIpc) is 2.85. The van der Waals surface area contributed by atoms with Gasteiger partial charge in [0.2, 0.25) is 5.91 Å². The van der Waals surface area contributed by atoms with E-state index in [0.717, 1.165) is 38.4 Å². The van der Waals surface area contributed by atoms with E-state index in [2.05, 4.69) is 27.2 Å². The minimum absolute atomic E-state index is 0.197. The molecule has 0 aromatic heterocycles. The average molecular weight is 295 g/mol. The molecule has 6 nitrogen and oxygen atoms in total. The van der Waals surface area contributed by atoms with E-state index < -0.39 is 0 Å². The quantitative estimate of drug-likeness (QED) is 0.576. The number of likely N-dealkylation sites (N-methyl/N-ethyl adjacent to an activating group) is 1. The zero-order valence-corrected chi connectivity index (χ0v) is 13.3. The molecule has 0 aromatic carbocycles. The molecule has 2 atom stereocenters. The van der Waals surface area contributed by atoms with Crippen LogP contribution in [0.15, 0.2) is 4.99 Å². The summed E-state index contributed by atoms with van der Waals surface area (Å²) in [5.41, 5.74) is 5.33. The third kappa shape index (κ3) is 4.59. The highest BCUT2D eigenvalue weighted by molar-refractivity contribution is 5.80. The number of primary amides is 1. The van der Waals surface area contributed by atoms with Crippen molar-refractivity contribution in [1.29, 1.82) is 0 Å². The van der Waals surface area contributed by atoms with Crippen LogP contribution in [0.4, 0.5) is 0 Å². The number of carbonyl (C=O) groups is 1. The van der Waals surface area contributed by atoms with Gasteiger partial charge < -0.3 is 20.9 Å². The van der Waals surface area contributed by atoms with E-state index in [9.17, 15) is 4.79 Å². The minimum Gasteiger partial charge on any atom is -0.370 e. The Balaban J connectivity index is 1.83. The van der Waals surface area contributed by atoms with E-state index in [4.69, 9.17) is 5.73 Å². The van der Waals surface area contributed by atoms with Gasteiger partial charge in [-0.3, -0.25) is 9.79 Å². The number of nitrogens with one attached hydrogen (secondary N) is 1. The molecule has 2 heterocycles. The Hall–Kier alpha value is -1.30. The second-order valence-corrected chi connectivity index (χ2v) is 6.33. The normalized spacial score (nSPS) is 27.9. The molecule has 0 bridgehead atoms. The molecule has 0 aliphatic carbocycles. The van der Waals surface area contributed by atoms with Crippen molar-refractivity contribution in [3.05, 3.63) is 0 Å². The molecule has 0 spiro atoms. The Kier molecular flexibility index (Phi) is 5.85. The van der Waals surface area contributed by atoms with Gasteiger partial charge in [0.05, 0.1) is 0 Å². The molecule has 0 aromatic rings. The largest absolute Gasteiger partial charge is 0.370 e. The highest BCUT2D eigenvalue weighted by Gasteiger charge is 2.25. The smallest absolute Gasteiger partial charge is 0.217 e. The van der Waals surface area contributed by atoms with Gasteiger partial charge >= 0.3 is 0 Å². The van der Waals surface area contributed by atoms with Gasteiger partial charge in [-0.15, -0.1) is 0 Å². The van der Waals surface area contributed by atoms with Gasteiger partial charge in [0.15, 0.2) is 5.96 Å². The third-order valence-corrected chi connectivity index (χ3v) is 4.69. The summed E-state index contributed by atoms with van der Waals surface area (Å²) in [4.78, 5) is 20.2. The molecular formula is C15H29N5O. The Morgan fingerprint density at radius 2 is 2.10 bits per heavy atom. The molecule has 0 radical (unpaired) electrons. The standard InChI is InChI=1S/C15H29N5O/c1-17-15(18-10-13-6-4-7-19(13)2)20-8-3-5-12(11-20)9-14(16)21/h12-13H,3-11H2,1-2H3,(H2,16,21)(H,17,18). The van der Waals surface area contributed by atoms with E-state index in [-0.39, 0.29) is 5.91 Å². The first-order valence-electron chi connectivity index (χ1n) is 8.04.